The van der Waals surface area contributed by atoms with Gasteiger partial charge < -0.3 is 10.6 Å². The number of halogens is 1. The van der Waals surface area contributed by atoms with Crippen molar-refractivity contribution in [1.29, 1.82) is 0 Å². The van der Waals surface area contributed by atoms with Gasteiger partial charge in [0.2, 0.25) is 0 Å². The second-order valence-electron chi connectivity index (χ2n) is 5.83. The van der Waals surface area contributed by atoms with Gasteiger partial charge >= 0.3 is 0 Å². The Bertz CT molecular complexity index is 696. The number of fused-ring (bicyclic) bond motifs is 1. The standard InChI is InChI=1S/C17H16ClN3/c18-14-5-7-15(8-6-14)21-16(19)20-11-17(21)9-12-3-1-2-4-13(12)10-17/h1-8H,9-11H2,(H2,19,20). The Morgan fingerprint density at radius 2 is 1.62 bits per heavy atom. The first-order chi connectivity index (χ1) is 10.2. The Morgan fingerprint density at radius 1 is 1.00 bits per heavy atom. The van der Waals surface area contributed by atoms with Crippen molar-refractivity contribution in [3.05, 3.63) is 64.7 Å². The first-order valence-corrected chi connectivity index (χ1v) is 7.48. The fraction of sp³-hybridized carbons (Fsp3) is 0.235. The van der Waals surface area contributed by atoms with Crippen molar-refractivity contribution in [2.75, 3.05) is 11.4 Å². The lowest BCUT2D eigenvalue weighted by atomic mass is 9.94. The zero-order valence-corrected chi connectivity index (χ0v) is 12.3. The van der Waals surface area contributed by atoms with Crippen molar-refractivity contribution in [1.82, 2.24) is 0 Å². The third-order valence-corrected chi connectivity index (χ3v) is 4.73. The third kappa shape index (κ3) is 1.92. The number of hydrogen-bond acceptors (Lipinski definition) is 3. The van der Waals surface area contributed by atoms with Crippen LogP contribution in [0.4, 0.5) is 5.69 Å². The van der Waals surface area contributed by atoms with Gasteiger partial charge in [0.05, 0.1) is 12.1 Å². The highest BCUT2D eigenvalue weighted by molar-refractivity contribution is 6.30. The van der Waals surface area contributed by atoms with Crippen LogP contribution in [0.3, 0.4) is 0 Å². The van der Waals surface area contributed by atoms with Gasteiger partial charge in [-0.2, -0.15) is 0 Å². The van der Waals surface area contributed by atoms with Gasteiger partial charge in [-0.3, -0.25) is 4.99 Å². The molecule has 1 aliphatic carbocycles. The molecule has 2 aliphatic rings. The van der Waals surface area contributed by atoms with Crippen LogP contribution in [0.1, 0.15) is 11.1 Å². The molecule has 2 aromatic carbocycles. The van der Waals surface area contributed by atoms with Crippen LogP contribution in [0, 0.1) is 0 Å². The Labute approximate surface area is 129 Å². The summed E-state index contributed by atoms with van der Waals surface area (Å²) >= 11 is 6.00. The van der Waals surface area contributed by atoms with Gasteiger partial charge in [0.1, 0.15) is 0 Å². The molecule has 4 heteroatoms. The summed E-state index contributed by atoms with van der Waals surface area (Å²) < 4.78 is 0. The van der Waals surface area contributed by atoms with Crippen LogP contribution in [-0.4, -0.2) is 18.0 Å². The van der Waals surface area contributed by atoms with E-state index < -0.39 is 0 Å². The highest BCUT2D eigenvalue weighted by Gasteiger charge is 2.47. The van der Waals surface area contributed by atoms with E-state index in [1.807, 2.05) is 24.3 Å². The molecule has 0 amide bonds. The number of nitrogens with zero attached hydrogens (tertiary/aromatic N) is 2. The summed E-state index contributed by atoms with van der Waals surface area (Å²) in [5.74, 6) is 0.602. The summed E-state index contributed by atoms with van der Waals surface area (Å²) in [5, 5.41) is 0.734. The van der Waals surface area contributed by atoms with Crippen molar-refractivity contribution >= 4 is 23.2 Å². The van der Waals surface area contributed by atoms with Crippen LogP contribution < -0.4 is 10.6 Å². The molecule has 0 aromatic heterocycles. The minimum Gasteiger partial charge on any atom is -0.369 e. The molecule has 0 bridgehead atoms. The van der Waals surface area contributed by atoms with E-state index >= 15 is 0 Å². The summed E-state index contributed by atoms with van der Waals surface area (Å²) in [5.41, 5.74) is 10.00. The van der Waals surface area contributed by atoms with E-state index in [0.29, 0.717) is 5.96 Å². The predicted molar refractivity (Wildman–Crippen MR) is 87.0 cm³/mol. The maximum Gasteiger partial charge on any atom is 0.196 e. The highest BCUT2D eigenvalue weighted by atomic mass is 35.5. The molecule has 0 atom stereocenters. The van der Waals surface area contributed by atoms with Crippen molar-refractivity contribution in [2.45, 2.75) is 18.4 Å². The molecule has 0 unspecified atom stereocenters. The SMILES string of the molecule is NC1=NCC2(Cc3ccccc3C2)N1c1ccc(Cl)cc1. The smallest absolute Gasteiger partial charge is 0.196 e. The fourth-order valence-corrected chi connectivity index (χ4v) is 3.68. The zero-order chi connectivity index (χ0) is 14.4. The van der Waals surface area contributed by atoms with E-state index in [-0.39, 0.29) is 5.54 Å². The average molecular weight is 298 g/mol. The first-order valence-electron chi connectivity index (χ1n) is 7.10. The molecule has 0 fully saturated rings. The molecule has 3 nitrogen and oxygen atoms in total. The topological polar surface area (TPSA) is 41.6 Å². The predicted octanol–water partition coefficient (Wildman–Crippen LogP) is 3.01. The monoisotopic (exact) mass is 297 g/mol. The molecule has 1 spiro atoms. The lowest BCUT2D eigenvalue weighted by molar-refractivity contribution is 0.483. The van der Waals surface area contributed by atoms with E-state index in [0.717, 1.165) is 30.1 Å². The first kappa shape index (κ1) is 12.7. The fourth-order valence-electron chi connectivity index (χ4n) is 3.55. The van der Waals surface area contributed by atoms with Crippen molar-refractivity contribution in [2.24, 2.45) is 10.7 Å². The summed E-state index contributed by atoms with van der Waals surface area (Å²) in [4.78, 5) is 6.71. The largest absolute Gasteiger partial charge is 0.369 e. The van der Waals surface area contributed by atoms with Gasteiger partial charge in [-0.1, -0.05) is 35.9 Å². The van der Waals surface area contributed by atoms with E-state index in [9.17, 15) is 0 Å². The quantitative estimate of drug-likeness (QED) is 0.879. The van der Waals surface area contributed by atoms with Crippen molar-refractivity contribution < 1.29 is 0 Å². The molecular weight excluding hydrogens is 282 g/mol. The van der Waals surface area contributed by atoms with E-state index in [4.69, 9.17) is 17.3 Å². The molecule has 106 valence electrons. The van der Waals surface area contributed by atoms with Gasteiger partial charge in [0, 0.05) is 10.7 Å². The maximum atomic E-state index is 6.18. The van der Waals surface area contributed by atoms with Gasteiger partial charge in [-0.15, -0.1) is 0 Å². The molecule has 21 heavy (non-hydrogen) atoms. The number of guanidine groups is 1. The van der Waals surface area contributed by atoms with Crippen LogP contribution >= 0.6 is 11.6 Å². The Balaban J connectivity index is 1.75. The summed E-state index contributed by atoms with van der Waals surface area (Å²) in [7, 11) is 0. The second kappa shape index (κ2) is 4.50. The lowest BCUT2D eigenvalue weighted by Gasteiger charge is -2.36. The molecule has 2 aromatic rings. The normalized spacial score (nSPS) is 18.9. The molecule has 0 saturated heterocycles. The van der Waals surface area contributed by atoms with Gasteiger partial charge in [-0.05, 0) is 48.2 Å². The number of aliphatic imine (C=N–C) groups is 1. The van der Waals surface area contributed by atoms with Gasteiger partial charge in [0.25, 0.3) is 0 Å². The number of nitrogens with two attached hydrogens (primary N) is 1. The summed E-state index contributed by atoms with van der Waals surface area (Å²) in [6, 6.07) is 16.4. The summed E-state index contributed by atoms with van der Waals surface area (Å²) in [6.07, 6.45) is 1.96. The number of anilines is 1. The number of benzene rings is 2. The van der Waals surface area contributed by atoms with E-state index in [1.54, 1.807) is 0 Å². The minimum atomic E-state index is -0.0540. The molecule has 1 aliphatic heterocycles. The van der Waals surface area contributed by atoms with Gasteiger partial charge in [-0.25, -0.2) is 0 Å². The summed E-state index contributed by atoms with van der Waals surface area (Å²) in [6.45, 7) is 0.746. The highest BCUT2D eigenvalue weighted by Crippen LogP contribution is 2.40. The average Bonchev–Trinajstić information content (AvgIpc) is 3.01. The van der Waals surface area contributed by atoms with Crippen LogP contribution in [-0.2, 0) is 12.8 Å². The lowest BCUT2D eigenvalue weighted by Crippen LogP contribution is -2.52. The molecule has 1 heterocycles. The van der Waals surface area contributed by atoms with Crippen molar-refractivity contribution in [3.63, 3.8) is 0 Å². The third-order valence-electron chi connectivity index (χ3n) is 4.48. The van der Waals surface area contributed by atoms with Gasteiger partial charge in [0.15, 0.2) is 5.96 Å². The van der Waals surface area contributed by atoms with E-state index in [1.165, 1.54) is 11.1 Å². The molecule has 0 saturated carbocycles. The van der Waals surface area contributed by atoms with E-state index in [2.05, 4.69) is 34.2 Å². The Morgan fingerprint density at radius 3 is 2.24 bits per heavy atom. The van der Waals surface area contributed by atoms with Crippen molar-refractivity contribution in [3.8, 4) is 0 Å². The number of hydrogen-bond donors (Lipinski definition) is 1. The zero-order valence-electron chi connectivity index (χ0n) is 11.6. The van der Waals surface area contributed by atoms with Crippen LogP contribution in [0.15, 0.2) is 53.5 Å². The number of rotatable bonds is 1. The second-order valence-corrected chi connectivity index (χ2v) is 6.27. The van der Waals surface area contributed by atoms with Crippen LogP contribution in [0.25, 0.3) is 0 Å². The van der Waals surface area contributed by atoms with Crippen LogP contribution in [0.2, 0.25) is 5.02 Å². The molecule has 0 radical (unpaired) electrons. The maximum absolute atomic E-state index is 6.18. The Hall–Kier alpha value is -2.00. The molecule has 4 rings (SSSR count). The molecule has 2 N–H and O–H groups in total. The minimum absolute atomic E-state index is 0.0540. The molecular formula is C17H16ClN3. The Kier molecular flexibility index (Phi) is 2.73. The van der Waals surface area contributed by atoms with Crippen LogP contribution in [0.5, 0.6) is 0 Å².